The van der Waals surface area contributed by atoms with E-state index in [4.69, 9.17) is 0 Å². The number of hydrogen-bond donors (Lipinski definition) is 2. The van der Waals surface area contributed by atoms with E-state index in [2.05, 4.69) is 28.8 Å². The molecule has 0 fully saturated rings. The lowest BCUT2D eigenvalue weighted by atomic mass is 9.99. The van der Waals surface area contributed by atoms with Gasteiger partial charge in [-0.3, -0.25) is 9.59 Å². The number of hydrogen-bond acceptors (Lipinski definition) is 2. The third-order valence-corrected chi connectivity index (χ3v) is 4.44. The maximum atomic E-state index is 12.8. The molecular weight excluding hydrogens is 336 g/mol. The van der Waals surface area contributed by atoms with Gasteiger partial charge in [0.05, 0.1) is 6.04 Å². The molecule has 140 valence electrons. The number of amides is 2. The van der Waals surface area contributed by atoms with E-state index in [0.29, 0.717) is 11.3 Å². The molecule has 0 bridgehead atoms. The molecule has 1 atom stereocenters. The van der Waals surface area contributed by atoms with Gasteiger partial charge in [-0.15, -0.1) is 0 Å². The maximum Gasteiger partial charge on any atom is 0.252 e. The van der Waals surface area contributed by atoms with Gasteiger partial charge in [0.2, 0.25) is 5.91 Å². The van der Waals surface area contributed by atoms with Crippen molar-refractivity contribution in [1.29, 1.82) is 0 Å². The summed E-state index contributed by atoms with van der Waals surface area (Å²) in [6, 6.07) is 19.4. The van der Waals surface area contributed by atoms with Crippen LogP contribution in [0.25, 0.3) is 10.8 Å². The molecule has 0 aliphatic rings. The summed E-state index contributed by atoms with van der Waals surface area (Å²) in [5, 5.41) is 8.07. The van der Waals surface area contributed by atoms with Gasteiger partial charge >= 0.3 is 0 Å². The van der Waals surface area contributed by atoms with Crippen LogP contribution in [0.3, 0.4) is 0 Å². The number of anilines is 1. The van der Waals surface area contributed by atoms with Gasteiger partial charge in [-0.2, -0.15) is 0 Å². The molecule has 2 N–H and O–H groups in total. The Kier molecular flexibility index (Phi) is 6.35. The summed E-state index contributed by atoms with van der Waals surface area (Å²) in [7, 11) is 0. The molecule has 0 aliphatic carbocycles. The summed E-state index contributed by atoms with van der Waals surface area (Å²) in [5.41, 5.74) is 3.11. The number of carbonyl (C=O) groups is 2. The van der Waals surface area contributed by atoms with Crippen molar-refractivity contribution < 1.29 is 9.59 Å². The Morgan fingerprint density at radius 2 is 1.67 bits per heavy atom. The molecule has 0 aromatic heterocycles. The normalized spacial score (nSPS) is 11.4. The van der Waals surface area contributed by atoms with Crippen LogP contribution in [0.15, 0.2) is 60.7 Å². The van der Waals surface area contributed by atoms with Crippen LogP contribution in [0.1, 0.15) is 48.8 Å². The van der Waals surface area contributed by atoms with Gasteiger partial charge in [-0.25, -0.2) is 0 Å². The van der Waals surface area contributed by atoms with Gasteiger partial charge in [0, 0.05) is 18.2 Å². The number of benzene rings is 3. The Bertz CT molecular complexity index is 974. The van der Waals surface area contributed by atoms with Crippen LogP contribution in [0.5, 0.6) is 0 Å². The Morgan fingerprint density at radius 1 is 0.963 bits per heavy atom. The fourth-order valence-corrected chi connectivity index (χ4v) is 3.13. The van der Waals surface area contributed by atoms with E-state index in [1.165, 1.54) is 6.92 Å². The van der Waals surface area contributed by atoms with Crippen LogP contribution in [-0.2, 0) is 4.79 Å². The summed E-state index contributed by atoms with van der Waals surface area (Å²) >= 11 is 0. The van der Waals surface area contributed by atoms with Crippen molar-refractivity contribution in [2.24, 2.45) is 0 Å². The van der Waals surface area contributed by atoms with Gasteiger partial charge in [0.15, 0.2) is 0 Å². The van der Waals surface area contributed by atoms with E-state index in [-0.39, 0.29) is 25.3 Å². The van der Waals surface area contributed by atoms with Crippen molar-refractivity contribution in [2.75, 3.05) is 5.32 Å². The van der Waals surface area contributed by atoms with Crippen molar-refractivity contribution in [1.82, 2.24) is 5.32 Å². The molecule has 3 rings (SSSR count). The first-order chi connectivity index (χ1) is 12.5. The molecule has 0 unspecified atom stereocenters. The van der Waals surface area contributed by atoms with Gasteiger partial charge < -0.3 is 10.6 Å². The van der Waals surface area contributed by atoms with Crippen LogP contribution in [0, 0.1) is 6.92 Å². The number of nitrogens with one attached hydrogen (secondary N) is 2. The Hall–Kier alpha value is -3.14. The molecule has 0 saturated heterocycles. The second-order valence-corrected chi connectivity index (χ2v) is 6.47. The molecule has 0 radical (unpaired) electrons. The first-order valence-electron chi connectivity index (χ1n) is 8.62. The minimum absolute atomic E-state index is 0. The molecule has 3 aromatic carbocycles. The monoisotopic (exact) mass is 362 g/mol. The highest BCUT2D eigenvalue weighted by molar-refractivity contribution is 5.98. The largest absolute Gasteiger partial charge is 0.345 e. The lowest BCUT2D eigenvalue weighted by molar-refractivity contribution is -0.114. The minimum atomic E-state index is -0.163. The molecule has 0 aliphatic heterocycles. The van der Waals surface area contributed by atoms with Crippen LogP contribution in [0.4, 0.5) is 5.69 Å². The lowest BCUT2D eigenvalue weighted by Crippen LogP contribution is -2.27. The summed E-state index contributed by atoms with van der Waals surface area (Å²) < 4.78 is 0. The van der Waals surface area contributed by atoms with Gasteiger partial charge in [0.25, 0.3) is 5.91 Å². The maximum absolute atomic E-state index is 12.8. The van der Waals surface area contributed by atoms with E-state index in [1.807, 2.05) is 44.2 Å². The van der Waals surface area contributed by atoms with E-state index >= 15 is 0 Å². The van der Waals surface area contributed by atoms with Gasteiger partial charge in [0.1, 0.15) is 0 Å². The van der Waals surface area contributed by atoms with E-state index in [1.54, 1.807) is 12.1 Å². The quantitative estimate of drug-likeness (QED) is 0.667. The van der Waals surface area contributed by atoms with Crippen molar-refractivity contribution in [2.45, 2.75) is 34.2 Å². The molecule has 0 spiro atoms. The third kappa shape index (κ3) is 4.53. The number of aryl methyl sites for hydroxylation is 1. The molecule has 0 saturated carbocycles. The fraction of sp³-hybridized carbons (Fsp3) is 0.217. The van der Waals surface area contributed by atoms with Crippen LogP contribution < -0.4 is 10.6 Å². The third-order valence-electron chi connectivity index (χ3n) is 4.44. The van der Waals surface area contributed by atoms with Crippen molar-refractivity contribution in [3.05, 3.63) is 77.4 Å². The molecule has 0 heterocycles. The highest BCUT2D eigenvalue weighted by Crippen LogP contribution is 2.25. The summed E-state index contributed by atoms with van der Waals surface area (Å²) in [6.07, 6.45) is 0. The molecule has 4 nitrogen and oxygen atoms in total. The van der Waals surface area contributed by atoms with E-state index in [0.717, 1.165) is 21.9 Å². The van der Waals surface area contributed by atoms with E-state index < -0.39 is 0 Å². The number of fused-ring (bicyclic) bond motifs is 1. The van der Waals surface area contributed by atoms with Gasteiger partial charge in [-0.05, 0) is 47.9 Å². The smallest absolute Gasteiger partial charge is 0.252 e. The van der Waals surface area contributed by atoms with Crippen LogP contribution in [-0.4, -0.2) is 11.8 Å². The zero-order valence-electron chi connectivity index (χ0n) is 15.2. The Balaban J connectivity index is 0.00000261. The van der Waals surface area contributed by atoms with Crippen molar-refractivity contribution >= 4 is 28.3 Å². The fourth-order valence-electron chi connectivity index (χ4n) is 3.13. The molecule has 2 amide bonds. The topological polar surface area (TPSA) is 58.2 Å². The zero-order chi connectivity index (χ0) is 18.7. The van der Waals surface area contributed by atoms with E-state index in [9.17, 15) is 9.59 Å². The van der Waals surface area contributed by atoms with Gasteiger partial charge in [-0.1, -0.05) is 56.0 Å². The second-order valence-electron chi connectivity index (χ2n) is 6.47. The average Bonchev–Trinajstić information content (AvgIpc) is 2.62. The number of carbonyl (C=O) groups excluding carboxylic acids is 2. The standard InChI is InChI=1S/C22H22N2O2.CH4/c1-14-11-12-18(24-16(3)25)13-21(14)22(26)23-15(2)19-10-6-8-17-7-4-5-9-20(17)19;/h4-13,15H,1-3H3,(H,23,26)(H,24,25);1H4/t15-;/m1./s1. The Morgan fingerprint density at radius 3 is 2.41 bits per heavy atom. The molecular formula is C23H26N2O2. The summed E-state index contributed by atoms with van der Waals surface area (Å²) in [4.78, 5) is 24.1. The highest BCUT2D eigenvalue weighted by atomic mass is 16.2. The minimum Gasteiger partial charge on any atom is -0.345 e. The summed E-state index contributed by atoms with van der Waals surface area (Å²) in [5.74, 6) is -0.320. The van der Waals surface area contributed by atoms with Crippen molar-refractivity contribution in [3.63, 3.8) is 0 Å². The first kappa shape index (κ1) is 20.2. The molecule has 27 heavy (non-hydrogen) atoms. The molecule has 4 heteroatoms. The first-order valence-corrected chi connectivity index (χ1v) is 8.62. The van der Waals surface area contributed by atoms with Crippen LogP contribution in [0.2, 0.25) is 0 Å². The lowest BCUT2D eigenvalue weighted by Gasteiger charge is -2.18. The second kappa shape index (κ2) is 8.49. The zero-order valence-corrected chi connectivity index (χ0v) is 15.2. The predicted molar refractivity (Wildman–Crippen MR) is 112 cm³/mol. The number of rotatable bonds is 4. The predicted octanol–water partition coefficient (Wildman–Crippen LogP) is 5.23. The SMILES string of the molecule is C.CC(=O)Nc1ccc(C)c(C(=O)N[C@H](C)c2cccc3ccccc23)c1. The average molecular weight is 362 g/mol. The summed E-state index contributed by atoms with van der Waals surface area (Å²) in [6.45, 7) is 5.31. The Labute approximate surface area is 160 Å². The molecule has 3 aromatic rings. The van der Waals surface area contributed by atoms with Crippen LogP contribution >= 0.6 is 0 Å². The highest BCUT2D eigenvalue weighted by Gasteiger charge is 2.16. The van der Waals surface area contributed by atoms with Crippen molar-refractivity contribution in [3.8, 4) is 0 Å².